The van der Waals surface area contributed by atoms with Crippen LogP contribution in [-0.4, -0.2) is 75.0 Å². The molecule has 0 bridgehead atoms. The minimum atomic E-state index is -0.671. The van der Waals surface area contributed by atoms with Crippen LogP contribution >= 0.6 is 0 Å². The van der Waals surface area contributed by atoms with Crippen LogP contribution in [0.15, 0.2) is 24.3 Å². The van der Waals surface area contributed by atoms with Gasteiger partial charge < -0.3 is 14.2 Å². The molecule has 0 aliphatic carbocycles. The fourth-order valence-electron chi connectivity index (χ4n) is 4.42. The monoisotopic (exact) mass is 406 g/mol. The Balaban J connectivity index is 1.74. The summed E-state index contributed by atoms with van der Waals surface area (Å²) in [5.41, 5.74) is 0.445. The van der Waals surface area contributed by atoms with Crippen LogP contribution in [0.25, 0.3) is 0 Å². The summed E-state index contributed by atoms with van der Waals surface area (Å²) in [5.74, 6) is -0.180. The van der Waals surface area contributed by atoms with Crippen LogP contribution in [0.3, 0.4) is 0 Å². The van der Waals surface area contributed by atoms with Gasteiger partial charge in [-0.3, -0.25) is 19.3 Å². The fraction of sp³-hybridized carbons (Fsp3) is 0.619. The van der Waals surface area contributed by atoms with Crippen molar-refractivity contribution in [2.75, 3.05) is 47.6 Å². The molecule has 2 aliphatic rings. The maximum Gasteiger partial charge on any atom is 0.311 e. The average molecular weight is 406 g/mol. The summed E-state index contributed by atoms with van der Waals surface area (Å²) in [5, 5.41) is 1.44. The minimum Gasteiger partial charge on any atom is -0.496 e. The van der Waals surface area contributed by atoms with Crippen LogP contribution in [0.5, 0.6) is 5.75 Å². The third-order valence-corrected chi connectivity index (χ3v) is 5.96. The zero-order chi connectivity index (χ0) is 20.9. The molecule has 8 heteroatoms. The summed E-state index contributed by atoms with van der Waals surface area (Å²) in [7, 11) is 4.62. The minimum absolute atomic E-state index is 0.117. The summed E-state index contributed by atoms with van der Waals surface area (Å²) >= 11 is 0. The molecule has 1 aromatic rings. The molecule has 160 valence electrons. The van der Waals surface area contributed by atoms with Crippen LogP contribution in [0.2, 0.25) is 0 Å². The van der Waals surface area contributed by atoms with E-state index < -0.39 is 11.5 Å². The molecule has 0 N–H and O–H groups in total. The Labute approximate surface area is 171 Å². The van der Waals surface area contributed by atoms with Gasteiger partial charge in [0.05, 0.1) is 38.9 Å². The average Bonchev–Trinajstić information content (AvgIpc) is 3.01. The molecule has 29 heavy (non-hydrogen) atoms. The number of hydrogen-bond acceptors (Lipinski definition) is 7. The number of benzene rings is 1. The summed E-state index contributed by atoms with van der Waals surface area (Å²) in [6, 6.07) is 7.96. The third kappa shape index (κ3) is 4.39. The molecule has 0 aromatic heterocycles. The van der Waals surface area contributed by atoms with Crippen molar-refractivity contribution in [1.29, 1.82) is 0 Å². The molecule has 0 radical (unpaired) electrons. The molecular weight excluding hydrogens is 376 g/mol. The van der Waals surface area contributed by atoms with E-state index in [1.165, 1.54) is 12.2 Å². The number of esters is 1. The molecule has 1 amide bonds. The highest BCUT2D eigenvalue weighted by Crippen LogP contribution is 2.44. The number of methoxy groups -OCH3 is 3. The second-order valence-electron chi connectivity index (χ2n) is 7.49. The van der Waals surface area contributed by atoms with Crippen molar-refractivity contribution in [1.82, 2.24) is 9.96 Å². The molecule has 1 spiro atoms. The van der Waals surface area contributed by atoms with Gasteiger partial charge in [0.25, 0.3) is 0 Å². The summed E-state index contributed by atoms with van der Waals surface area (Å²) in [6.07, 6.45) is 1.40. The standard InChI is InChI=1S/C21H30N2O6/c1-26-12-13-29-23-19(24)14-17(20(25)28-3)21(23)8-10-22(11-9-21)15-16-6-4-5-7-18(16)27-2/h4-7,17H,8-15H2,1-3H3. The van der Waals surface area contributed by atoms with E-state index in [4.69, 9.17) is 19.0 Å². The number of carbonyl (C=O) groups excluding carboxylic acids is 2. The summed E-state index contributed by atoms with van der Waals surface area (Å²) in [4.78, 5) is 33.2. The lowest BCUT2D eigenvalue weighted by molar-refractivity contribution is -0.227. The predicted octanol–water partition coefficient (Wildman–Crippen LogP) is 1.63. The van der Waals surface area contributed by atoms with Gasteiger partial charge in [-0.25, -0.2) is 5.06 Å². The second-order valence-corrected chi connectivity index (χ2v) is 7.49. The van der Waals surface area contributed by atoms with Crippen molar-refractivity contribution < 1.29 is 28.6 Å². The maximum atomic E-state index is 12.7. The van der Waals surface area contributed by atoms with E-state index >= 15 is 0 Å². The van der Waals surface area contributed by atoms with E-state index in [2.05, 4.69) is 11.0 Å². The van der Waals surface area contributed by atoms with Crippen molar-refractivity contribution in [2.45, 2.75) is 31.3 Å². The number of hydrogen-bond donors (Lipinski definition) is 0. The van der Waals surface area contributed by atoms with Gasteiger partial charge >= 0.3 is 5.97 Å². The van der Waals surface area contributed by atoms with Gasteiger partial charge in [-0.05, 0) is 18.9 Å². The number of nitrogens with zero attached hydrogens (tertiary/aromatic N) is 2. The zero-order valence-corrected chi connectivity index (χ0v) is 17.4. The van der Waals surface area contributed by atoms with Crippen LogP contribution in [-0.2, 0) is 30.4 Å². The summed E-state index contributed by atoms with van der Waals surface area (Å²) < 4.78 is 15.5. The Morgan fingerprint density at radius 2 is 1.86 bits per heavy atom. The van der Waals surface area contributed by atoms with Crippen LogP contribution in [0.1, 0.15) is 24.8 Å². The first-order valence-corrected chi connectivity index (χ1v) is 9.92. The number of ether oxygens (including phenoxy) is 3. The molecule has 3 rings (SSSR count). The van der Waals surface area contributed by atoms with E-state index in [0.29, 0.717) is 19.4 Å². The highest BCUT2D eigenvalue weighted by molar-refractivity contribution is 5.88. The van der Waals surface area contributed by atoms with Crippen LogP contribution in [0.4, 0.5) is 0 Å². The lowest BCUT2D eigenvalue weighted by Crippen LogP contribution is -2.57. The van der Waals surface area contributed by atoms with Gasteiger partial charge in [0.15, 0.2) is 0 Å². The number of para-hydroxylation sites is 1. The van der Waals surface area contributed by atoms with Gasteiger partial charge in [-0.2, -0.15) is 0 Å². The van der Waals surface area contributed by atoms with Crippen molar-refractivity contribution in [3.8, 4) is 5.75 Å². The molecule has 2 aliphatic heterocycles. The second kappa shape index (κ2) is 9.56. The van der Waals surface area contributed by atoms with Crippen LogP contribution < -0.4 is 4.74 Å². The number of rotatable bonds is 8. The van der Waals surface area contributed by atoms with Gasteiger partial charge in [-0.15, -0.1) is 0 Å². The summed E-state index contributed by atoms with van der Waals surface area (Å²) in [6.45, 7) is 2.87. The lowest BCUT2D eigenvalue weighted by atomic mass is 9.77. The lowest BCUT2D eigenvalue weighted by Gasteiger charge is -2.45. The molecule has 2 saturated heterocycles. The van der Waals surface area contributed by atoms with Crippen molar-refractivity contribution in [2.24, 2.45) is 5.92 Å². The van der Waals surface area contributed by atoms with Crippen LogP contribution in [0, 0.1) is 5.92 Å². The quantitative estimate of drug-likeness (QED) is 0.480. The number of piperidine rings is 1. The number of hydroxylamine groups is 2. The zero-order valence-electron chi connectivity index (χ0n) is 17.4. The van der Waals surface area contributed by atoms with Crippen molar-refractivity contribution in [3.05, 3.63) is 29.8 Å². The van der Waals surface area contributed by atoms with Gasteiger partial charge in [0.1, 0.15) is 5.75 Å². The molecule has 1 unspecified atom stereocenters. The Hall–Kier alpha value is -2.16. The first-order chi connectivity index (χ1) is 14.1. The van der Waals surface area contributed by atoms with Gasteiger partial charge in [-0.1, -0.05) is 18.2 Å². The molecule has 1 aromatic carbocycles. The maximum absolute atomic E-state index is 12.7. The third-order valence-electron chi connectivity index (χ3n) is 5.96. The first-order valence-electron chi connectivity index (χ1n) is 9.92. The highest BCUT2D eigenvalue weighted by Gasteiger charge is 2.58. The van der Waals surface area contributed by atoms with Gasteiger partial charge in [0.2, 0.25) is 5.91 Å². The molecule has 0 saturated carbocycles. The Morgan fingerprint density at radius 1 is 1.14 bits per heavy atom. The molecule has 2 heterocycles. The number of amides is 1. The molecule has 8 nitrogen and oxygen atoms in total. The van der Waals surface area contributed by atoms with E-state index in [-0.39, 0.29) is 24.9 Å². The topological polar surface area (TPSA) is 77.5 Å². The Kier molecular flexibility index (Phi) is 7.10. The van der Waals surface area contributed by atoms with E-state index in [1.54, 1.807) is 14.2 Å². The SMILES string of the molecule is COCCON1C(=O)CC(C(=O)OC)C12CCN(Cc1ccccc1OC)CC2. The predicted molar refractivity (Wildman–Crippen MR) is 105 cm³/mol. The fourth-order valence-corrected chi connectivity index (χ4v) is 4.42. The van der Waals surface area contributed by atoms with E-state index in [9.17, 15) is 9.59 Å². The van der Waals surface area contributed by atoms with E-state index in [1.807, 2.05) is 18.2 Å². The highest BCUT2D eigenvalue weighted by atomic mass is 16.7. The largest absolute Gasteiger partial charge is 0.496 e. The van der Waals surface area contributed by atoms with E-state index in [0.717, 1.165) is 30.9 Å². The smallest absolute Gasteiger partial charge is 0.311 e. The van der Waals surface area contributed by atoms with Gasteiger partial charge in [0, 0.05) is 38.7 Å². The molecule has 2 fully saturated rings. The first kappa shape index (κ1) is 21.5. The molecular formula is C21H30N2O6. The number of likely N-dealkylation sites (tertiary alicyclic amines) is 1. The normalized spacial score (nSPS) is 21.6. The Morgan fingerprint density at radius 3 is 2.52 bits per heavy atom. The molecule has 1 atom stereocenters. The number of carbonyl (C=O) groups is 2. The Bertz CT molecular complexity index is 717. The van der Waals surface area contributed by atoms with Crippen molar-refractivity contribution >= 4 is 11.9 Å². The van der Waals surface area contributed by atoms with Crippen molar-refractivity contribution in [3.63, 3.8) is 0 Å².